The monoisotopic (exact) mass is 507 g/mol. The Kier molecular flexibility index (Phi) is 8.09. The summed E-state index contributed by atoms with van der Waals surface area (Å²) in [5, 5.41) is 7.04. The first-order chi connectivity index (χ1) is 18.1. The molecule has 11 heteroatoms. The van der Waals surface area contributed by atoms with Crippen molar-refractivity contribution in [1.82, 2.24) is 25.3 Å². The predicted octanol–water partition coefficient (Wildman–Crippen LogP) is 2.57. The maximum atomic E-state index is 10.9. The van der Waals surface area contributed by atoms with Crippen molar-refractivity contribution in [2.75, 3.05) is 49.7 Å². The van der Waals surface area contributed by atoms with E-state index < -0.39 is 0 Å². The molecule has 1 aliphatic carbocycles. The molecule has 1 saturated carbocycles. The second-order valence-electron chi connectivity index (χ2n) is 9.26. The van der Waals surface area contributed by atoms with E-state index in [-0.39, 0.29) is 18.1 Å². The van der Waals surface area contributed by atoms with Crippen LogP contribution in [-0.4, -0.2) is 77.4 Å². The average Bonchev–Trinajstić information content (AvgIpc) is 2.93. The third-order valence-corrected chi connectivity index (χ3v) is 6.54. The Morgan fingerprint density at radius 2 is 1.92 bits per heavy atom. The van der Waals surface area contributed by atoms with Crippen molar-refractivity contribution >= 4 is 28.6 Å². The number of nitrogens with one attached hydrogen (secondary N) is 2. The second kappa shape index (κ2) is 12.0. The van der Waals surface area contributed by atoms with Gasteiger partial charge < -0.3 is 29.7 Å². The average molecular weight is 508 g/mol. The topological polar surface area (TPSA) is 124 Å². The predicted molar refractivity (Wildman–Crippen MR) is 139 cm³/mol. The van der Waals surface area contributed by atoms with Gasteiger partial charge >= 0.3 is 0 Å². The molecule has 2 N–H and O–H groups in total. The number of carbonyl (C=O) groups is 1. The van der Waals surface area contributed by atoms with Gasteiger partial charge in [0.1, 0.15) is 18.5 Å². The van der Waals surface area contributed by atoms with Gasteiger partial charge in [0.2, 0.25) is 17.7 Å². The Bertz CT molecular complexity index is 1180. The molecule has 1 aliphatic heterocycles. The van der Waals surface area contributed by atoms with E-state index in [1.807, 2.05) is 18.2 Å². The van der Waals surface area contributed by atoms with Crippen molar-refractivity contribution in [3.8, 4) is 11.6 Å². The minimum absolute atomic E-state index is 0.0809. The molecule has 196 valence electrons. The fraction of sp³-hybridized carbons (Fsp3) is 0.500. The molecule has 3 aromatic rings. The van der Waals surface area contributed by atoms with Crippen molar-refractivity contribution in [3.05, 3.63) is 36.8 Å². The number of aromatic nitrogens is 4. The highest BCUT2D eigenvalue weighted by Crippen LogP contribution is 2.31. The number of rotatable bonds is 9. The molecule has 0 aromatic carbocycles. The smallest absolute Gasteiger partial charge is 0.225 e. The number of ether oxygens (including phenoxy) is 3. The van der Waals surface area contributed by atoms with Crippen molar-refractivity contribution in [2.24, 2.45) is 0 Å². The van der Waals surface area contributed by atoms with Crippen molar-refractivity contribution in [3.63, 3.8) is 0 Å². The Morgan fingerprint density at radius 1 is 1.14 bits per heavy atom. The largest absolute Gasteiger partial charge is 0.489 e. The highest BCUT2D eigenvalue weighted by molar-refractivity contribution is 5.85. The SMILES string of the molecule is CC(=O)NCCOc1cnc(NC2CCC(Oc3nc(N4CCOCC4)cc4ncccc34)CC2)nc1. The van der Waals surface area contributed by atoms with Crippen LogP contribution in [0.5, 0.6) is 11.6 Å². The first-order valence-corrected chi connectivity index (χ1v) is 12.8. The van der Waals surface area contributed by atoms with Gasteiger partial charge in [0.15, 0.2) is 5.75 Å². The molecule has 0 spiro atoms. The van der Waals surface area contributed by atoms with Crippen molar-refractivity contribution in [2.45, 2.75) is 44.8 Å². The van der Waals surface area contributed by atoms with Crippen LogP contribution >= 0.6 is 0 Å². The molecule has 0 unspecified atom stereocenters. The molecular weight excluding hydrogens is 474 g/mol. The lowest BCUT2D eigenvalue weighted by Gasteiger charge is -2.31. The van der Waals surface area contributed by atoms with Gasteiger partial charge in [0.25, 0.3) is 0 Å². The molecule has 2 fully saturated rings. The number of hydrogen-bond acceptors (Lipinski definition) is 10. The van der Waals surface area contributed by atoms with E-state index in [4.69, 9.17) is 19.2 Å². The minimum Gasteiger partial charge on any atom is -0.489 e. The van der Waals surface area contributed by atoms with Crippen LogP contribution in [-0.2, 0) is 9.53 Å². The van der Waals surface area contributed by atoms with E-state index in [9.17, 15) is 4.79 Å². The Hall–Kier alpha value is -3.73. The fourth-order valence-corrected chi connectivity index (χ4v) is 4.60. The maximum absolute atomic E-state index is 10.9. The summed E-state index contributed by atoms with van der Waals surface area (Å²) in [6.45, 7) is 5.32. The first kappa shape index (κ1) is 24.9. The van der Waals surface area contributed by atoms with Gasteiger partial charge in [0.05, 0.1) is 43.1 Å². The van der Waals surface area contributed by atoms with Gasteiger partial charge in [-0.1, -0.05) is 0 Å². The number of fused-ring (bicyclic) bond motifs is 1. The van der Waals surface area contributed by atoms with Crippen LogP contribution in [0.3, 0.4) is 0 Å². The van der Waals surface area contributed by atoms with Gasteiger partial charge in [-0.15, -0.1) is 0 Å². The zero-order chi connectivity index (χ0) is 25.5. The Balaban J connectivity index is 1.14. The van der Waals surface area contributed by atoms with E-state index in [1.54, 1.807) is 18.6 Å². The van der Waals surface area contributed by atoms with Gasteiger partial charge in [-0.2, -0.15) is 4.98 Å². The van der Waals surface area contributed by atoms with Gasteiger partial charge in [-0.05, 0) is 37.8 Å². The number of nitrogens with zero attached hydrogens (tertiary/aromatic N) is 5. The molecule has 5 rings (SSSR count). The lowest BCUT2D eigenvalue weighted by Crippen LogP contribution is -2.37. The van der Waals surface area contributed by atoms with Crippen LogP contribution in [0.15, 0.2) is 36.8 Å². The van der Waals surface area contributed by atoms with Crippen molar-refractivity contribution in [1.29, 1.82) is 0 Å². The standard InChI is InChI=1S/C26H33N7O4/c1-18(34)27-9-12-36-21-16-29-26(30-17-21)31-19-4-6-20(7-5-19)37-25-22-3-2-8-28-23(22)15-24(32-25)33-10-13-35-14-11-33/h2-3,8,15-17,19-20H,4-7,9-14H2,1H3,(H,27,34)(H,29,30,31). The highest BCUT2D eigenvalue weighted by Gasteiger charge is 2.25. The van der Waals surface area contributed by atoms with Gasteiger partial charge in [0, 0.05) is 38.3 Å². The molecule has 0 bridgehead atoms. The summed E-state index contributed by atoms with van der Waals surface area (Å²) >= 11 is 0. The summed E-state index contributed by atoms with van der Waals surface area (Å²) in [6, 6.07) is 6.25. The van der Waals surface area contributed by atoms with Crippen LogP contribution in [0.1, 0.15) is 32.6 Å². The van der Waals surface area contributed by atoms with Crippen LogP contribution < -0.4 is 25.0 Å². The highest BCUT2D eigenvalue weighted by atomic mass is 16.5. The van der Waals surface area contributed by atoms with Crippen LogP contribution in [0.25, 0.3) is 10.9 Å². The van der Waals surface area contributed by atoms with Crippen LogP contribution in [0.4, 0.5) is 11.8 Å². The summed E-state index contributed by atoms with van der Waals surface area (Å²) < 4.78 is 17.5. The summed E-state index contributed by atoms with van der Waals surface area (Å²) in [4.78, 5) is 31.3. The third-order valence-electron chi connectivity index (χ3n) is 6.54. The van der Waals surface area contributed by atoms with E-state index in [1.165, 1.54) is 6.92 Å². The Labute approximate surface area is 216 Å². The van der Waals surface area contributed by atoms with E-state index in [0.29, 0.717) is 43.9 Å². The normalized spacial score (nSPS) is 19.9. The summed E-state index contributed by atoms with van der Waals surface area (Å²) in [7, 11) is 0. The van der Waals surface area contributed by atoms with E-state index in [2.05, 4.69) is 30.5 Å². The second-order valence-corrected chi connectivity index (χ2v) is 9.26. The van der Waals surface area contributed by atoms with E-state index >= 15 is 0 Å². The molecule has 37 heavy (non-hydrogen) atoms. The number of morpholine rings is 1. The molecule has 4 heterocycles. The lowest BCUT2D eigenvalue weighted by molar-refractivity contribution is -0.119. The molecule has 2 aliphatic rings. The molecule has 1 amide bonds. The number of hydrogen-bond donors (Lipinski definition) is 2. The lowest BCUT2D eigenvalue weighted by atomic mass is 9.93. The first-order valence-electron chi connectivity index (χ1n) is 12.8. The fourth-order valence-electron chi connectivity index (χ4n) is 4.60. The number of amides is 1. The Morgan fingerprint density at radius 3 is 2.68 bits per heavy atom. The zero-order valence-electron chi connectivity index (χ0n) is 21.1. The molecule has 11 nitrogen and oxygen atoms in total. The van der Waals surface area contributed by atoms with Crippen LogP contribution in [0, 0.1) is 0 Å². The molecule has 0 atom stereocenters. The minimum atomic E-state index is -0.0809. The molecule has 3 aromatic heterocycles. The van der Waals surface area contributed by atoms with Crippen LogP contribution in [0.2, 0.25) is 0 Å². The zero-order valence-corrected chi connectivity index (χ0v) is 21.1. The number of anilines is 2. The maximum Gasteiger partial charge on any atom is 0.225 e. The third kappa shape index (κ3) is 6.73. The number of carbonyl (C=O) groups excluding carboxylic acids is 1. The molecule has 0 radical (unpaired) electrons. The number of pyridine rings is 2. The molecular formula is C26H33N7O4. The van der Waals surface area contributed by atoms with E-state index in [0.717, 1.165) is 55.5 Å². The van der Waals surface area contributed by atoms with Gasteiger partial charge in [-0.3, -0.25) is 9.78 Å². The van der Waals surface area contributed by atoms with Gasteiger partial charge in [-0.25, -0.2) is 9.97 Å². The summed E-state index contributed by atoms with van der Waals surface area (Å²) in [5.74, 6) is 2.61. The summed E-state index contributed by atoms with van der Waals surface area (Å²) in [6.07, 6.45) is 8.90. The molecule has 1 saturated heterocycles. The summed E-state index contributed by atoms with van der Waals surface area (Å²) in [5.41, 5.74) is 0.893. The quantitative estimate of drug-likeness (QED) is 0.418. The van der Waals surface area contributed by atoms with Crippen molar-refractivity contribution < 1.29 is 19.0 Å².